The van der Waals surface area contributed by atoms with Crippen LogP contribution in [0.3, 0.4) is 0 Å². The molecule has 0 aliphatic carbocycles. The van der Waals surface area contributed by atoms with E-state index in [1.54, 1.807) is 24.3 Å². The van der Waals surface area contributed by atoms with Gasteiger partial charge in [0.25, 0.3) is 0 Å². The van der Waals surface area contributed by atoms with E-state index in [2.05, 4.69) is 5.90 Å². The predicted molar refractivity (Wildman–Crippen MR) is 62.1 cm³/mol. The molecule has 4 nitrogen and oxygen atoms in total. The van der Waals surface area contributed by atoms with E-state index in [0.29, 0.717) is 12.0 Å². The van der Waals surface area contributed by atoms with Crippen molar-refractivity contribution < 1.29 is 14.8 Å². The van der Waals surface area contributed by atoms with Gasteiger partial charge in [-0.2, -0.15) is 0 Å². The molecule has 0 unspecified atom stereocenters. The lowest BCUT2D eigenvalue weighted by molar-refractivity contribution is -0.114. The lowest BCUT2D eigenvalue weighted by atomic mass is 10.1. The molecule has 0 saturated carbocycles. The van der Waals surface area contributed by atoms with Gasteiger partial charge < -0.3 is 5.21 Å². The number of rotatable bonds is 4. The number of hydrogen-bond donors (Lipinski definition) is 2. The van der Waals surface area contributed by atoms with Crippen molar-refractivity contribution in [3.8, 4) is 0 Å². The Bertz CT molecular complexity index is 355. The second-order valence-corrected chi connectivity index (χ2v) is 2.94. The Labute approximate surface area is 94.3 Å². The number of benzene rings is 1. The van der Waals surface area contributed by atoms with Crippen molar-refractivity contribution in [1.82, 2.24) is 0 Å². The Morgan fingerprint density at radius 2 is 1.75 bits per heavy atom. The molecule has 1 aromatic carbocycles. The van der Waals surface area contributed by atoms with Gasteiger partial charge in [-0.3, -0.25) is 9.59 Å². The van der Waals surface area contributed by atoms with Gasteiger partial charge in [0, 0.05) is 12.0 Å². The summed E-state index contributed by atoms with van der Waals surface area (Å²) in [5, 5.41) is 6.50. The first kappa shape index (κ1) is 14.2. The van der Waals surface area contributed by atoms with Crippen LogP contribution in [0.1, 0.15) is 29.3 Å². The monoisotopic (exact) mass is 221 g/mol. The molecular weight excluding hydrogens is 206 g/mol. The van der Waals surface area contributed by atoms with Gasteiger partial charge in [-0.15, -0.1) is 0 Å². The molecule has 0 spiro atoms. The van der Waals surface area contributed by atoms with E-state index in [1.807, 2.05) is 19.1 Å². The first-order valence-corrected chi connectivity index (χ1v) is 4.78. The van der Waals surface area contributed by atoms with Crippen LogP contribution < -0.4 is 5.90 Å². The van der Waals surface area contributed by atoms with Crippen LogP contribution in [0.4, 0.5) is 0 Å². The van der Waals surface area contributed by atoms with E-state index >= 15 is 0 Å². The third-order valence-corrected chi connectivity index (χ3v) is 1.88. The Morgan fingerprint density at radius 3 is 2.19 bits per heavy atom. The lowest BCUT2D eigenvalue weighted by Crippen LogP contribution is -1.86. The molecule has 0 radical (unpaired) electrons. The van der Waals surface area contributed by atoms with Crippen LogP contribution in [0, 0.1) is 0 Å². The normalized spacial score (nSPS) is 9.44. The number of carbonyl (C=O) groups excluding carboxylic acids is 2. The molecule has 16 heavy (non-hydrogen) atoms. The summed E-state index contributed by atoms with van der Waals surface area (Å²) in [7, 11) is 0. The molecule has 1 aromatic rings. The standard InChI is InChI=1S/C12H12O2.H3NO/c1-2-12(14)8-7-10-3-5-11(9-13)6-4-10;1-2/h3-9H,2H2,1H3;2H,1H2/b8-7+;. The first-order chi connectivity index (χ1) is 7.76. The molecule has 0 heterocycles. The number of ketones is 1. The summed E-state index contributed by atoms with van der Waals surface area (Å²) in [5.74, 6) is 3.60. The van der Waals surface area contributed by atoms with E-state index in [-0.39, 0.29) is 5.78 Å². The minimum absolute atomic E-state index is 0.101. The van der Waals surface area contributed by atoms with Crippen LogP contribution in [0.2, 0.25) is 0 Å². The molecule has 0 aromatic heterocycles. The van der Waals surface area contributed by atoms with E-state index in [0.717, 1.165) is 11.8 Å². The maximum absolute atomic E-state index is 11.0. The largest absolute Gasteiger partial charge is 0.320 e. The summed E-state index contributed by atoms with van der Waals surface area (Å²) >= 11 is 0. The molecular formula is C12H15NO3. The fraction of sp³-hybridized carbons (Fsp3) is 0.167. The van der Waals surface area contributed by atoms with Crippen molar-refractivity contribution in [3.05, 3.63) is 41.5 Å². The molecule has 0 fully saturated rings. The summed E-state index contributed by atoms with van der Waals surface area (Å²) < 4.78 is 0. The van der Waals surface area contributed by atoms with Crippen LogP contribution in [-0.4, -0.2) is 17.3 Å². The van der Waals surface area contributed by atoms with Crippen LogP contribution >= 0.6 is 0 Å². The van der Waals surface area contributed by atoms with Gasteiger partial charge in [0.05, 0.1) is 0 Å². The van der Waals surface area contributed by atoms with E-state index < -0.39 is 0 Å². The Hall–Kier alpha value is -1.78. The first-order valence-electron chi connectivity index (χ1n) is 4.78. The van der Waals surface area contributed by atoms with Gasteiger partial charge in [-0.05, 0) is 11.6 Å². The Kier molecular flexibility index (Phi) is 7.57. The highest BCUT2D eigenvalue weighted by atomic mass is 16.4. The summed E-state index contributed by atoms with van der Waals surface area (Å²) in [6.07, 6.45) is 4.62. The molecule has 3 N–H and O–H groups in total. The predicted octanol–water partition coefficient (Wildman–Crippen LogP) is 1.83. The van der Waals surface area contributed by atoms with Gasteiger partial charge in [0.2, 0.25) is 0 Å². The zero-order chi connectivity index (χ0) is 12.4. The van der Waals surface area contributed by atoms with Crippen molar-refractivity contribution in [2.75, 3.05) is 0 Å². The van der Waals surface area contributed by atoms with E-state index in [4.69, 9.17) is 5.21 Å². The molecule has 1 rings (SSSR count). The zero-order valence-corrected chi connectivity index (χ0v) is 9.09. The van der Waals surface area contributed by atoms with Crippen molar-refractivity contribution >= 4 is 18.1 Å². The lowest BCUT2D eigenvalue weighted by Gasteiger charge is -1.93. The highest BCUT2D eigenvalue weighted by Gasteiger charge is 1.91. The second kappa shape index (κ2) is 8.52. The number of carbonyl (C=O) groups is 2. The highest BCUT2D eigenvalue weighted by molar-refractivity contribution is 5.93. The van der Waals surface area contributed by atoms with Crippen LogP contribution in [-0.2, 0) is 4.79 Å². The third-order valence-electron chi connectivity index (χ3n) is 1.88. The smallest absolute Gasteiger partial charge is 0.155 e. The number of aldehydes is 1. The summed E-state index contributed by atoms with van der Waals surface area (Å²) in [4.78, 5) is 21.3. The van der Waals surface area contributed by atoms with Gasteiger partial charge in [-0.1, -0.05) is 37.3 Å². The molecule has 4 heteroatoms. The summed E-state index contributed by atoms with van der Waals surface area (Å²) in [6, 6.07) is 7.07. The molecule has 0 aliphatic heterocycles. The average Bonchev–Trinajstić information content (AvgIpc) is 2.38. The molecule has 0 atom stereocenters. The third kappa shape index (κ3) is 5.19. The number of allylic oxidation sites excluding steroid dienone is 1. The fourth-order valence-electron chi connectivity index (χ4n) is 0.993. The number of hydrogen-bond acceptors (Lipinski definition) is 4. The Balaban J connectivity index is 0.00000106. The molecule has 0 amide bonds. The van der Waals surface area contributed by atoms with Crippen LogP contribution in [0.15, 0.2) is 30.3 Å². The molecule has 0 aliphatic rings. The van der Waals surface area contributed by atoms with Gasteiger partial charge in [0.1, 0.15) is 6.29 Å². The quantitative estimate of drug-likeness (QED) is 0.461. The van der Waals surface area contributed by atoms with Crippen molar-refractivity contribution in [2.45, 2.75) is 13.3 Å². The maximum Gasteiger partial charge on any atom is 0.155 e. The van der Waals surface area contributed by atoms with Crippen molar-refractivity contribution in [3.63, 3.8) is 0 Å². The minimum Gasteiger partial charge on any atom is -0.320 e. The van der Waals surface area contributed by atoms with Gasteiger partial charge in [-0.25, -0.2) is 5.90 Å². The van der Waals surface area contributed by atoms with Gasteiger partial charge >= 0.3 is 0 Å². The Morgan fingerprint density at radius 1 is 1.25 bits per heavy atom. The zero-order valence-electron chi connectivity index (χ0n) is 9.09. The number of nitrogens with two attached hydrogens (primary N) is 1. The second-order valence-electron chi connectivity index (χ2n) is 2.94. The maximum atomic E-state index is 11.0. The fourth-order valence-corrected chi connectivity index (χ4v) is 0.993. The summed E-state index contributed by atoms with van der Waals surface area (Å²) in [6.45, 7) is 1.82. The van der Waals surface area contributed by atoms with Gasteiger partial charge in [0.15, 0.2) is 5.78 Å². The molecule has 0 saturated heterocycles. The highest BCUT2D eigenvalue weighted by Crippen LogP contribution is 2.04. The van der Waals surface area contributed by atoms with E-state index in [9.17, 15) is 9.59 Å². The minimum atomic E-state index is 0.101. The van der Waals surface area contributed by atoms with E-state index in [1.165, 1.54) is 0 Å². The topological polar surface area (TPSA) is 80.4 Å². The SMILES string of the molecule is CCC(=O)/C=C/c1ccc(C=O)cc1.NO. The van der Waals surface area contributed by atoms with Crippen molar-refractivity contribution in [1.29, 1.82) is 0 Å². The average molecular weight is 221 g/mol. The summed E-state index contributed by atoms with van der Waals surface area (Å²) in [5.41, 5.74) is 1.57. The van der Waals surface area contributed by atoms with Crippen molar-refractivity contribution in [2.24, 2.45) is 5.90 Å². The molecule has 0 bridgehead atoms. The van der Waals surface area contributed by atoms with Crippen LogP contribution in [0.5, 0.6) is 0 Å². The molecule has 86 valence electrons. The van der Waals surface area contributed by atoms with Crippen LogP contribution in [0.25, 0.3) is 6.08 Å².